The minimum atomic E-state index is -4.37. The molecule has 0 fully saturated rings. The van der Waals surface area contributed by atoms with Crippen LogP contribution in [-0.2, 0) is 23.8 Å². The zero-order valence-electron chi connectivity index (χ0n) is 14.2. The van der Waals surface area contributed by atoms with Gasteiger partial charge in [-0.05, 0) is 29.7 Å². The molecule has 0 atom stereocenters. The van der Waals surface area contributed by atoms with E-state index < -0.39 is 11.7 Å². The molecule has 0 aliphatic heterocycles. The number of nitrogens with zero attached hydrogens (tertiary/aromatic N) is 1. The lowest BCUT2D eigenvalue weighted by Gasteiger charge is -2.22. The molecular weight excluding hydrogens is 365 g/mol. The van der Waals surface area contributed by atoms with Crippen molar-refractivity contribution in [2.24, 2.45) is 5.73 Å². The topological polar surface area (TPSA) is 46.3 Å². The molecule has 0 aliphatic carbocycles. The minimum Gasteiger partial charge on any atom is -0.341 e. The second-order valence-electron chi connectivity index (χ2n) is 5.78. The van der Waals surface area contributed by atoms with Gasteiger partial charge in [-0.25, -0.2) is 0 Å². The fourth-order valence-electron chi connectivity index (χ4n) is 2.52. The third-order valence-electron chi connectivity index (χ3n) is 3.90. The van der Waals surface area contributed by atoms with Gasteiger partial charge in [0.2, 0.25) is 5.91 Å². The van der Waals surface area contributed by atoms with Crippen LogP contribution in [0.1, 0.15) is 16.7 Å². The Morgan fingerprint density at radius 2 is 1.54 bits per heavy atom. The SMILES string of the molecule is Cl.NCCN(CCc1ccccc1)C(=O)Cc1ccc(C(F)(F)F)cc1. The van der Waals surface area contributed by atoms with Gasteiger partial charge in [0.1, 0.15) is 0 Å². The van der Waals surface area contributed by atoms with Gasteiger partial charge in [0, 0.05) is 19.6 Å². The van der Waals surface area contributed by atoms with Crippen LogP contribution in [0.4, 0.5) is 13.2 Å². The Bertz CT molecular complexity index is 675. The number of carbonyl (C=O) groups excluding carboxylic acids is 1. The molecule has 3 nitrogen and oxygen atoms in total. The number of amides is 1. The normalized spacial score (nSPS) is 10.9. The lowest BCUT2D eigenvalue weighted by atomic mass is 10.1. The summed E-state index contributed by atoms with van der Waals surface area (Å²) in [6, 6.07) is 14.5. The summed E-state index contributed by atoms with van der Waals surface area (Å²) in [5.74, 6) is -0.138. The van der Waals surface area contributed by atoms with E-state index in [4.69, 9.17) is 5.73 Å². The summed E-state index contributed by atoms with van der Waals surface area (Å²) in [5, 5.41) is 0. The zero-order valence-corrected chi connectivity index (χ0v) is 15.0. The summed E-state index contributed by atoms with van der Waals surface area (Å²) >= 11 is 0. The van der Waals surface area contributed by atoms with E-state index in [9.17, 15) is 18.0 Å². The summed E-state index contributed by atoms with van der Waals surface area (Å²) in [7, 11) is 0. The molecule has 0 saturated heterocycles. The van der Waals surface area contributed by atoms with Crippen molar-refractivity contribution in [1.82, 2.24) is 4.90 Å². The predicted molar refractivity (Wildman–Crippen MR) is 98.2 cm³/mol. The fraction of sp³-hybridized carbons (Fsp3) is 0.316. The van der Waals surface area contributed by atoms with Crippen LogP contribution in [0.3, 0.4) is 0 Å². The van der Waals surface area contributed by atoms with Crippen molar-refractivity contribution in [3.05, 3.63) is 71.3 Å². The largest absolute Gasteiger partial charge is 0.416 e. The molecule has 0 spiro atoms. The molecule has 7 heteroatoms. The number of rotatable bonds is 7. The van der Waals surface area contributed by atoms with Crippen molar-refractivity contribution < 1.29 is 18.0 Å². The summed E-state index contributed by atoms with van der Waals surface area (Å²) in [6.45, 7) is 1.29. The van der Waals surface area contributed by atoms with Gasteiger partial charge < -0.3 is 10.6 Å². The number of alkyl halides is 3. The molecule has 0 unspecified atom stereocenters. The van der Waals surface area contributed by atoms with Crippen LogP contribution in [0.15, 0.2) is 54.6 Å². The van der Waals surface area contributed by atoms with E-state index in [1.54, 1.807) is 4.90 Å². The van der Waals surface area contributed by atoms with Crippen LogP contribution in [0.2, 0.25) is 0 Å². The molecule has 2 rings (SSSR count). The molecule has 1 amide bonds. The standard InChI is InChI=1S/C19H21F3N2O.ClH/c20-19(21,22)17-8-6-16(7-9-17)14-18(25)24(13-11-23)12-10-15-4-2-1-3-5-15;/h1-9H,10-14,23H2;1H. The summed E-state index contributed by atoms with van der Waals surface area (Å²) in [6.07, 6.45) is -3.60. The zero-order chi connectivity index (χ0) is 18.3. The van der Waals surface area contributed by atoms with Gasteiger partial charge >= 0.3 is 6.18 Å². The number of hydrogen-bond donors (Lipinski definition) is 1. The third kappa shape index (κ3) is 6.69. The van der Waals surface area contributed by atoms with Crippen molar-refractivity contribution in [2.45, 2.75) is 19.0 Å². The highest BCUT2D eigenvalue weighted by atomic mass is 35.5. The highest BCUT2D eigenvalue weighted by Gasteiger charge is 2.30. The Balaban J connectivity index is 0.00000338. The smallest absolute Gasteiger partial charge is 0.341 e. The lowest BCUT2D eigenvalue weighted by Crippen LogP contribution is -2.37. The van der Waals surface area contributed by atoms with Crippen LogP contribution in [0.5, 0.6) is 0 Å². The van der Waals surface area contributed by atoms with Crippen LogP contribution in [0.25, 0.3) is 0 Å². The molecule has 2 aromatic carbocycles. The summed E-state index contributed by atoms with van der Waals surface area (Å²) < 4.78 is 37.7. The highest BCUT2D eigenvalue weighted by Crippen LogP contribution is 2.29. The molecule has 0 aliphatic rings. The van der Waals surface area contributed by atoms with E-state index in [0.29, 0.717) is 31.6 Å². The Labute approximate surface area is 157 Å². The quantitative estimate of drug-likeness (QED) is 0.788. The maximum atomic E-state index is 12.6. The van der Waals surface area contributed by atoms with Gasteiger partial charge in [0.05, 0.1) is 12.0 Å². The Hall–Kier alpha value is -2.05. The molecular formula is C19H22ClF3N2O. The van der Waals surface area contributed by atoms with E-state index in [1.165, 1.54) is 12.1 Å². The van der Waals surface area contributed by atoms with E-state index in [-0.39, 0.29) is 24.7 Å². The minimum absolute atomic E-state index is 0. The van der Waals surface area contributed by atoms with Crippen molar-refractivity contribution in [3.8, 4) is 0 Å². The van der Waals surface area contributed by atoms with Gasteiger partial charge in [-0.1, -0.05) is 42.5 Å². The summed E-state index contributed by atoms with van der Waals surface area (Å²) in [5.41, 5.74) is 6.54. The first-order valence-electron chi connectivity index (χ1n) is 8.08. The number of halogens is 4. The second-order valence-corrected chi connectivity index (χ2v) is 5.78. The van der Waals surface area contributed by atoms with Crippen LogP contribution in [0, 0.1) is 0 Å². The Kier molecular flexibility index (Phi) is 8.61. The lowest BCUT2D eigenvalue weighted by molar-refractivity contribution is -0.137. The van der Waals surface area contributed by atoms with Crippen molar-refractivity contribution in [1.29, 1.82) is 0 Å². The van der Waals surface area contributed by atoms with E-state index >= 15 is 0 Å². The maximum Gasteiger partial charge on any atom is 0.416 e. The van der Waals surface area contributed by atoms with Crippen molar-refractivity contribution in [3.63, 3.8) is 0 Å². The van der Waals surface area contributed by atoms with Crippen molar-refractivity contribution >= 4 is 18.3 Å². The molecule has 142 valence electrons. The average molecular weight is 387 g/mol. The predicted octanol–water partition coefficient (Wildman–Crippen LogP) is 3.70. The first kappa shape index (κ1) is 22.0. The number of nitrogens with two attached hydrogens (primary N) is 1. The Morgan fingerprint density at radius 1 is 0.923 bits per heavy atom. The van der Waals surface area contributed by atoms with Crippen LogP contribution >= 0.6 is 12.4 Å². The second kappa shape index (κ2) is 10.2. The van der Waals surface area contributed by atoms with Gasteiger partial charge in [-0.2, -0.15) is 13.2 Å². The van der Waals surface area contributed by atoms with Gasteiger partial charge in [0.15, 0.2) is 0 Å². The van der Waals surface area contributed by atoms with Gasteiger partial charge in [-0.3, -0.25) is 4.79 Å². The van der Waals surface area contributed by atoms with Gasteiger partial charge in [-0.15, -0.1) is 12.4 Å². The molecule has 0 aromatic heterocycles. The molecule has 0 radical (unpaired) electrons. The summed E-state index contributed by atoms with van der Waals surface area (Å²) in [4.78, 5) is 14.1. The molecule has 0 bridgehead atoms. The molecule has 2 N–H and O–H groups in total. The number of hydrogen-bond acceptors (Lipinski definition) is 2. The van der Waals surface area contributed by atoms with E-state index in [0.717, 1.165) is 17.7 Å². The highest BCUT2D eigenvalue weighted by molar-refractivity contribution is 5.85. The monoisotopic (exact) mass is 386 g/mol. The maximum absolute atomic E-state index is 12.6. The number of benzene rings is 2. The van der Waals surface area contributed by atoms with E-state index in [2.05, 4.69) is 0 Å². The fourth-order valence-corrected chi connectivity index (χ4v) is 2.52. The Morgan fingerprint density at radius 3 is 2.08 bits per heavy atom. The molecule has 26 heavy (non-hydrogen) atoms. The molecule has 0 saturated carbocycles. The van der Waals surface area contributed by atoms with Crippen molar-refractivity contribution in [2.75, 3.05) is 19.6 Å². The van der Waals surface area contributed by atoms with Crippen LogP contribution in [-0.4, -0.2) is 30.4 Å². The molecule has 0 heterocycles. The van der Waals surface area contributed by atoms with Gasteiger partial charge in [0.25, 0.3) is 0 Å². The first-order valence-corrected chi connectivity index (χ1v) is 8.08. The average Bonchev–Trinajstić information content (AvgIpc) is 2.59. The first-order chi connectivity index (χ1) is 11.9. The molecule has 2 aromatic rings. The third-order valence-corrected chi connectivity index (χ3v) is 3.90. The van der Waals surface area contributed by atoms with E-state index in [1.807, 2.05) is 30.3 Å². The van der Waals surface area contributed by atoms with Crippen LogP contribution < -0.4 is 5.73 Å². The number of carbonyl (C=O) groups is 1.